The van der Waals surface area contributed by atoms with E-state index in [9.17, 15) is 4.79 Å². The van der Waals surface area contributed by atoms with Crippen molar-refractivity contribution < 1.29 is 14.3 Å². The van der Waals surface area contributed by atoms with E-state index < -0.39 is 5.41 Å². The Morgan fingerprint density at radius 1 is 0.690 bits per heavy atom. The second-order valence-electron chi connectivity index (χ2n) is 7.53. The first kappa shape index (κ1) is 20.7. The molecule has 0 unspecified atom stereocenters. The lowest BCUT2D eigenvalue weighted by Gasteiger charge is -2.32. The van der Waals surface area contributed by atoms with E-state index in [1.165, 1.54) is 11.1 Å². The number of Topliss-reactive ketones (excluding diaryl/α,β-unsaturated/α-hetero) is 1. The molecule has 0 bridgehead atoms. The van der Waals surface area contributed by atoms with Crippen molar-refractivity contribution in [2.24, 2.45) is 5.41 Å². The molecule has 0 aliphatic rings. The number of hydrogen-bond donors (Lipinski definition) is 0. The average molecular weight is 389 g/mol. The highest BCUT2D eigenvalue weighted by Crippen LogP contribution is 2.36. The van der Waals surface area contributed by atoms with Crippen molar-refractivity contribution in [3.05, 3.63) is 95.6 Å². The zero-order valence-corrected chi connectivity index (χ0v) is 17.4. The molecule has 0 radical (unpaired) electrons. The van der Waals surface area contributed by atoms with Gasteiger partial charge < -0.3 is 9.47 Å². The van der Waals surface area contributed by atoms with Crippen LogP contribution in [-0.2, 0) is 24.1 Å². The highest BCUT2D eigenvalue weighted by Gasteiger charge is 2.36. The summed E-state index contributed by atoms with van der Waals surface area (Å²) in [4.78, 5) is 13.1. The molecule has 0 aliphatic heterocycles. The zero-order chi connectivity index (χ0) is 20.7. The first-order valence-electron chi connectivity index (χ1n) is 9.86. The summed E-state index contributed by atoms with van der Waals surface area (Å²) < 4.78 is 10.8. The van der Waals surface area contributed by atoms with Gasteiger partial charge in [-0.05, 0) is 55.0 Å². The van der Waals surface area contributed by atoms with Gasteiger partial charge in [0.25, 0.3) is 0 Å². The Bertz CT molecular complexity index is 891. The van der Waals surface area contributed by atoms with Crippen LogP contribution in [0.2, 0.25) is 0 Å². The average Bonchev–Trinajstić information content (AvgIpc) is 2.75. The molecule has 0 aromatic heterocycles. The highest BCUT2D eigenvalue weighted by molar-refractivity contribution is 5.83. The molecule has 0 heterocycles. The predicted molar refractivity (Wildman–Crippen MR) is 117 cm³/mol. The van der Waals surface area contributed by atoms with Gasteiger partial charge >= 0.3 is 0 Å². The third-order valence-corrected chi connectivity index (χ3v) is 5.51. The lowest BCUT2D eigenvalue weighted by atomic mass is 9.70. The van der Waals surface area contributed by atoms with E-state index in [2.05, 4.69) is 24.3 Å². The summed E-state index contributed by atoms with van der Waals surface area (Å²) in [7, 11) is 3.26. The fourth-order valence-corrected chi connectivity index (χ4v) is 3.92. The number of ketones is 1. The Kier molecular flexibility index (Phi) is 6.71. The minimum absolute atomic E-state index is 0.194. The Morgan fingerprint density at radius 3 is 1.62 bits per heavy atom. The molecular formula is C26H28O3. The lowest BCUT2D eigenvalue weighted by molar-refractivity contribution is -0.126. The second kappa shape index (κ2) is 9.42. The molecule has 0 amide bonds. The number of carbonyl (C=O) groups excluding carboxylic acids is 1. The Balaban J connectivity index is 2.02. The number of benzene rings is 3. The van der Waals surface area contributed by atoms with Crippen molar-refractivity contribution in [3.8, 4) is 11.5 Å². The molecule has 3 nitrogen and oxygen atoms in total. The quantitative estimate of drug-likeness (QED) is 0.498. The monoisotopic (exact) mass is 388 g/mol. The van der Waals surface area contributed by atoms with Gasteiger partial charge in [-0.15, -0.1) is 0 Å². The minimum Gasteiger partial charge on any atom is -0.493 e. The number of carbonyl (C=O) groups is 1. The smallest absolute Gasteiger partial charge is 0.160 e. The maximum atomic E-state index is 13.1. The molecule has 0 aliphatic carbocycles. The molecule has 3 heteroatoms. The van der Waals surface area contributed by atoms with E-state index in [0.717, 1.165) is 5.56 Å². The van der Waals surface area contributed by atoms with Crippen LogP contribution in [0.1, 0.15) is 23.6 Å². The van der Waals surface area contributed by atoms with Gasteiger partial charge in [0.2, 0.25) is 0 Å². The van der Waals surface area contributed by atoms with Crippen molar-refractivity contribution in [2.75, 3.05) is 14.2 Å². The third-order valence-electron chi connectivity index (χ3n) is 5.51. The fourth-order valence-electron chi connectivity index (χ4n) is 3.92. The van der Waals surface area contributed by atoms with Crippen LogP contribution in [0.25, 0.3) is 0 Å². The predicted octanol–water partition coefficient (Wildman–Crippen LogP) is 5.31. The van der Waals surface area contributed by atoms with E-state index in [0.29, 0.717) is 30.8 Å². The molecule has 3 rings (SSSR count). The molecule has 0 atom stereocenters. The first-order chi connectivity index (χ1) is 14.1. The summed E-state index contributed by atoms with van der Waals surface area (Å²) in [5.74, 6) is 1.57. The summed E-state index contributed by atoms with van der Waals surface area (Å²) >= 11 is 0. The molecule has 3 aromatic rings. The minimum atomic E-state index is -0.539. The van der Waals surface area contributed by atoms with E-state index in [1.54, 1.807) is 21.1 Å². The van der Waals surface area contributed by atoms with E-state index >= 15 is 0 Å². The van der Waals surface area contributed by atoms with E-state index in [4.69, 9.17) is 9.47 Å². The van der Waals surface area contributed by atoms with E-state index in [1.807, 2.05) is 54.6 Å². The summed E-state index contributed by atoms with van der Waals surface area (Å²) in [5.41, 5.74) is 2.85. The fraction of sp³-hybridized carbons (Fsp3) is 0.269. The van der Waals surface area contributed by atoms with Gasteiger partial charge in [-0.1, -0.05) is 66.7 Å². The number of rotatable bonds is 9. The van der Waals surface area contributed by atoms with Crippen LogP contribution in [0, 0.1) is 5.41 Å². The van der Waals surface area contributed by atoms with Crippen LogP contribution in [0.3, 0.4) is 0 Å². The molecule has 29 heavy (non-hydrogen) atoms. The maximum absolute atomic E-state index is 13.1. The topological polar surface area (TPSA) is 35.5 Å². The van der Waals surface area contributed by atoms with Gasteiger partial charge in [0, 0.05) is 5.41 Å². The lowest BCUT2D eigenvalue weighted by Crippen LogP contribution is -2.36. The van der Waals surface area contributed by atoms with Gasteiger partial charge in [0.1, 0.15) is 5.78 Å². The second-order valence-corrected chi connectivity index (χ2v) is 7.53. The van der Waals surface area contributed by atoms with Crippen LogP contribution in [-0.4, -0.2) is 20.0 Å². The van der Waals surface area contributed by atoms with Crippen molar-refractivity contribution >= 4 is 5.78 Å². The van der Waals surface area contributed by atoms with Crippen molar-refractivity contribution in [3.63, 3.8) is 0 Å². The van der Waals surface area contributed by atoms with Crippen LogP contribution in [0.5, 0.6) is 11.5 Å². The first-order valence-corrected chi connectivity index (χ1v) is 9.86. The van der Waals surface area contributed by atoms with Crippen LogP contribution >= 0.6 is 0 Å². The van der Waals surface area contributed by atoms with Gasteiger partial charge in [-0.2, -0.15) is 0 Å². The highest BCUT2D eigenvalue weighted by atomic mass is 16.5. The Hall–Kier alpha value is -3.07. The normalized spacial score (nSPS) is 11.1. The van der Waals surface area contributed by atoms with Gasteiger partial charge in [0.05, 0.1) is 14.2 Å². The number of hydrogen-bond acceptors (Lipinski definition) is 3. The number of ether oxygens (including phenoxy) is 2. The molecular weight excluding hydrogens is 360 g/mol. The summed E-state index contributed by atoms with van der Waals surface area (Å²) in [6, 6.07) is 26.4. The summed E-state index contributed by atoms with van der Waals surface area (Å²) in [5, 5.41) is 0. The van der Waals surface area contributed by atoms with Crippen LogP contribution in [0.4, 0.5) is 0 Å². The van der Waals surface area contributed by atoms with Crippen LogP contribution in [0.15, 0.2) is 78.9 Å². The molecule has 0 saturated heterocycles. The van der Waals surface area contributed by atoms with Gasteiger partial charge in [-0.3, -0.25) is 4.79 Å². The zero-order valence-electron chi connectivity index (χ0n) is 17.4. The Labute approximate surface area is 173 Å². The summed E-state index contributed by atoms with van der Waals surface area (Å²) in [6.07, 6.45) is 2.01. The molecule has 0 N–H and O–H groups in total. The van der Waals surface area contributed by atoms with E-state index in [-0.39, 0.29) is 5.78 Å². The molecule has 0 spiro atoms. The van der Waals surface area contributed by atoms with Crippen molar-refractivity contribution in [2.45, 2.75) is 26.2 Å². The number of methoxy groups -OCH3 is 2. The largest absolute Gasteiger partial charge is 0.493 e. The van der Waals surface area contributed by atoms with Crippen molar-refractivity contribution in [1.82, 2.24) is 0 Å². The van der Waals surface area contributed by atoms with Crippen molar-refractivity contribution in [1.29, 1.82) is 0 Å². The maximum Gasteiger partial charge on any atom is 0.160 e. The molecule has 3 aromatic carbocycles. The van der Waals surface area contributed by atoms with Gasteiger partial charge in [0.15, 0.2) is 11.5 Å². The standard InChI is InChI=1S/C26H28O3/c1-20(27)26(17-21-10-6-4-7-11-21,18-22-12-8-5-9-13-22)19-23-14-15-24(28-2)25(16-23)29-3/h4-16H,17-19H2,1-3H3. The summed E-state index contributed by atoms with van der Waals surface area (Å²) in [6.45, 7) is 1.71. The molecule has 0 saturated carbocycles. The van der Waals surface area contributed by atoms with Crippen LogP contribution < -0.4 is 9.47 Å². The third kappa shape index (κ3) is 5.05. The molecule has 0 fully saturated rings. The molecule has 150 valence electrons. The SMILES string of the molecule is COc1ccc(CC(Cc2ccccc2)(Cc2ccccc2)C(C)=O)cc1OC. The Morgan fingerprint density at radius 2 is 1.17 bits per heavy atom. The van der Waals surface area contributed by atoms with Gasteiger partial charge in [-0.25, -0.2) is 0 Å².